The fraction of sp³-hybridized carbons (Fsp3) is 0.278. The van der Waals surface area contributed by atoms with Gasteiger partial charge in [0.1, 0.15) is 0 Å². The van der Waals surface area contributed by atoms with Crippen LogP contribution in [-0.4, -0.2) is 25.9 Å². The van der Waals surface area contributed by atoms with E-state index in [1.54, 1.807) is 4.68 Å². The van der Waals surface area contributed by atoms with Crippen molar-refractivity contribution in [3.05, 3.63) is 59.0 Å². The number of rotatable bonds is 5. The molecule has 1 amide bonds. The molecule has 0 radical (unpaired) electrons. The molecule has 0 unspecified atom stereocenters. The lowest BCUT2D eigenvalue weighted by Crippen LogP contribution is -2.19. The van der Waals surface area contributed by atoms with Crippen molar-refractivity contribution in [1.29, 1.82) is 0 Å². The minimum Gasteiger partial charge on any atom is -0.309 e. The highest BCUT2D eigenvalue weighted by Crippen LogP contribution is 2.39. The summed E-state index contributed by atoms with van der Waals surface area (Å²) in [7, 11) is 0. The summed E-state index contributed by atoms with van der Waals surface area (Å²) in [6.45, 7) is 1.83. The van der Waals surface area contributed by atoms with Gasteiger partial charge in [-0.3, -0.25) is 9.89 Å². The third kappa shape index (κ3) is 3.44. The van der Waals surface area contributed by atoms with Crippen molar-refractivity contribution >= 4 is 23.3 Å². The molecule has 1 fully saturated rings. The van der Waals surface area contributed by atoms with Gasteiger partial charge in [0.25, 0.3) is 0 Å². The summed E-state index contributed by atoms with van der Waals surface area (Å²) in [6, 6.07) is 11.2. The summed E-state index contributed by atoms with van der Waals surface area (Å²) >= 11 is 6.02. The Morgan fingerprint density at radius 1 is 1.36 bits per heavy atom. The van der Waals surface area contributed by atoms with Crippen LogP contribution in [0.5, 0.6) is 0 Å². The van der Waals surface area contributed by atoms with E-state index in [-0.39, 0.29) is 11.8 Å². The van der Waals surface area contributed by atoms with Crippen LogP contribution < -0.4 is 5.32 Å². The van der Waals surface area contributed by atoms with Gasteiger partial charge in [-0.15, -0.1) is 0 Å². The standard InChI is InChI=1S/C18H18ClN5O/c1-11(18(25)20-17-10-16(21-22-17)12-5-6-12)15-7-8-24(23-15)14-4-2-3-13(19)9-14/h2-4,7-12H,5-6H2,1H3,(H2,20,21,22,25)/t11-/m0/s1. The number of H-pyrrole nitrogens is 1. The second-order valence-electron chi connectivity index (χ2n) is 6.36. The summed E-state index contributed by atoms with van der Waals surface area (Å²) in [5, 5.41) is 15.1. The molecule has 3 aromatic rings. The quantitative estimate of drug-likeness (QED) is 0.729. The lowest BCUT2D eigenvalue weighted by molar-refractivity contribution is -0.117. The van der Waals surface area contributed by atoms with Gasteiger partial charge in [0, 0.05) is 28.9 Å². The van der Waals surface area contributed by atoms with Crippen LogP contribution >= 0.6 is 11.6 Å². The number of carbonyl (C=O) groups excluding carboxylic acids is 1. The van der Waals surface area contributed by atoms with Gasteiger partial charge in [0.2, 0.25) is 5.91 Å². The maximum atomic E-state index is 12.5. The zero-order chi connectivity index (χ0) is 17.4. The first-order chi connectivity index (χ1) is 12.1. The molecule has 1 atom stereocenters. The number of carbonyl (C=O) groups is 1. The molecule has 0 spiro atoms. The zero-order valence-electron chi connectivity index (χ0n) is 13.7. The number of anilines is 1. The van der Waals surface area contributed by atoms with Gasteiger partial charge in [-0.2, -0.15) is 10.2 Å². The Hall–Kier alpha value is -2.60. The normalized spacial score (nSPS) is 15.1. The first-order valence-electron chi connectivity index (χ1n) is 8.28. The molecule has 7 heteroatoms. The average Bonchev–Trinajstić information content (AvgIpc) is 3.15. The molecule has 128 valence electrons. The highest BCUT2D eigenvalue weighted by molar-refractivity contribution is 6.30. The largest absolute Gasteiger partial charge is 0.309 e. The minimum atomic E-state index is -0.387. The Morgan fingerprint density at radius 3 is 2.96 bits per heavy atom. The number of aromatic amines is 1. The van der Waals surface area contributed by atoms with E-state index in [1.807, 2.05) is 49.5 Å². The van der Waals surface area contributed by atoms with Crippen LogP contribution in [0, 0.1) is 0 Å². The monoisotopic (exact) mass is 355 g/mol. The van der Waals surface area contributed by atoms with Gasteiger partial charge in [0.05, 0.1) is 17.3 Å². The van der Waals surface area contributed by atoms with Crippen molar-refractivity contribution in [2.45, 2.75) is 31.6 Å². The molecule has 0 saturated heterocycles. The van der Waals surface area contributed by atoms with Crippen molar-refractivity contribution in [2.24, 2.45) is 0 Å². The van der Waals surface area contributed by atoms with Crippen molar-refractivity contribution < 1.29 is 4.79 Å². The highest BCUT2D eigenvalue weighted by atomic mass is 35.5. The number of nitrogens with one attached hydrogen (secondary N) is 2. The second kappa shape index (κ2) is 6.37. The molecule has 2 aromatic heterocycles. The predicted octanol–water partition coefficient (Wildman–Crippen LogP) is 3.87. The van der Waals surface area contributed by atoms with Gasteiger partial charge in [-0.05, 0) is 44.0 Å². The number of benzene rings is 1. The molecule has 6 nitrogen and oxygen atoms in total. The number of amides is 1. The predicted molar refractivity (Wildman–Crippen MR) is 96.2 cm³/mol. The molecule has 25 heavy (non-hydrogen) atoms. The zero-order valence-corrected chi connectivity index (χ0v) is 14.5. The third-order valence-corrected chi connectivity index (χ3v) is 4.62. The molecule has 2 heterocycles. The molecule has 0 aliphatic heterocycles. The van der Waals surface area contributed by atoms with Crippen molar-refractivity contribution in [2.75, 3.05) is 5.32 Å². The third-order valence-electron chi connectivity index (χ3n) is 4.39. The van der Waals surface area contributed by atoms with Crippen LogP contribution in [0.25, 0.3) is 5.69 Å². The summed E-state index contributed by atoms with van der Waals surface area (Å²) in [5.74, 6) is 0.615. The SMILES string of the molecule is C[C@H](C(=O)Nc1cc(C2CC2)[nH]n1)c1ccn(-c2cccc(Cl)c2)n1. The van der Waals surface area contributed by atoms with E-state index in [4.69, 9.17) is 11.6 Å². The van der Waals surface area contributed by atoms with Gasteiger partial charge in [-0.1, -0.05) is 17.7 Å². The molecule has 2 N–H and O–H groups in total. The molecule has 1 aliphatic rings. The van der Waals surface area contributed by atoms with Gasteiger partial charge in [0.15, 0.2) is 5.82 Å². The van der Waals surface area contributed by atoms with Crippen LogP contribution in [-0.2, 0) is 4.79 Å². The second-order valence-corrected chi connectivity index (χ2v) is 6.80. The van der Waals surface area contributed by atoms with Crippen molar-refractivity contribution in [3.8, 4) is 5.69 Å². The van der Waals surface area contributed by atoms with Crippen LogP contribution in [0.1, 0.15) is 43.0 Å². The van der Waals surface area contributed by atoms with E-state index < -0.39 is 0 Å². The smallest absolute Gasteiger partial charge is 0.234 e. The molecular formula is C18H18ClN5O. The molecule has 4 rings (SSSR count). The Labute approximate surface area is 150 Å². The Morgan fingerprint density at radius 2 is 2.20 bits per heavy atom. The van der Waals surface area contributed by atoms with Crippen LogP contribution in [0.15, 0.2) is 42.6 Å². The topological polar surface area (TPSA) is 75.6 Å². The van der Waals surface area contributed by atoms with E-state index in [0.717, 1.165) is 11.4 Å². The molecular weight excluding hydrogens is 338 g/mol. The van der Waals surface area contributed by atoms with Crippen LogP contribution in [0.2, 0.25) is 5.02 Å². The lowest BCUT2D eigenvalue weighted by Gasteiger charge is -2.08. The number of aromatic nitrogens is 4. The lowest BCUT2D eigenvalue weighted by atomic mass is 10.1. The minimum absolute atomic E-state index is 0.134. The molecule has 1 aliphatic carbocycles. The van der Waals surface area contributed by atoms with Gasteiger partial charge in [-0.25, -0.2) is 4.68 Å². The van der Waals surface area contributed by atoms with Gasteiger partial charge < -0.3 is 5.32 Å². The first-order valence-corrected chi connectivity index (χ1v) is 8.65. The maximum Gasteiger partial charge on any atom is 0.234 e. The van der Waals surface area contributed by atoms with Crippen molar-refractivity contribution in [1.82, 2.24) is 20.0 Å². The summed E-state index contributed by atoms with van der Waals surface area (Å²) in [5.41, 5.74) is 2.64. The average molecular weight is 356 g/mol. The fourth-order valence-corrected chi connectivity index (χ4v) is 2.89. The van der Waals surface area contributed by atoms with E-state index in [9.17, 15) is 4.79 Å². The number of hydrogen-bond donors (Lipinski definition) is 2. The summed E-state index contributed by atoms with van der Waals surface area (Å²) < 4.78 is 1.71. The molecule has 0 bridgehead atoms. The molecule has 1 aromatic carbocycles. The van der Waals surface area contributed by atoms with E-state index >= 15 is 0 Å². The van der Waals surface area contributed by atoms with E-state index in [2.05, 4.69) is 20.6 Å². The highest BCUT2D eigenvalue weighted by Gasteiger charge is 2.26. The summed E-state index contributed by atoms with van der Waals surface area (Å²) in [4.78, 5) is 12.5. The Bertz CT molecular complexity index is 912. The van der Waals surface area contributed by atoms with Gasteiger partial charge >= 0.3 is 0 Å². The van der Waals surface area contributed by atoms with E-state index in [0.29, 0.717) is 22.5 Å². The number of hydrogen-bond acceptors (Lipinski definition) is 3. The Balaban J connectivity index is 1.46. The number of nitrogens with zero attached hydrogens (tertiary/aromatic N) is 3. The fourth-order valence-electron chi connectivity index (χ4n) is 2.70. The Kier molecular flexibility index (Phi) is 4.05. The van der Waals surface area contributed by atoms with Crippen LogP contribution in [0.4, 0.5) is 5.82 Å². The first kappa shape index (κ1) is 15.9. The van der Waals surface area contributed by atoms with Crippen molar-refractivity contribution in [3.63, 3.8) is 0 Å². The maximum absolute atomic E-state index is 12.5. The molecule has 1 saturated carbocycles. The van der Waals surface area contributed by atoms with E-state index in [1.165, 1.54) is 12.8 Å². The van der Waals surface area contributed by atoms with Crippen LogP contribution in [0.3, 0.4) is 0 Å². The summed E-state index contributed by atoms with van der Waals surface area (Å²) in [6.07, 6.45) is 4.20. The number of halogens is 1.